The Kier molecular flexibility index (Phi) is 4.29. The summed E-state index contributed by atoms with van der Waals surface area (Å²) >= 11 is 0. The Labute approximate surface area is 118 Å². The molecule has 0 aliphatic carbocycles. The standard InChI is InChI=1S/C17H28N2/c1-5-17(14-15-8-6-7-11-18-15)9-12-19(13-10-17)16(2,3)4/h6-8,11H,5,9-10,12-14H2,1-4H3. The van der Waals surface area contributed by atoms with Crippen LogP contribution in [-0.4, -0.2) is 28.5 Å². The van der Waals surface area contributed by atoms with Gasteiger partial charge in [0.15, 0.2) is 0 Å². The molecule has 0 saturated carbocycles. The third kappa shape index (κ3) is 3.56. The van der Waals surface area contributed by atoms with Crippen LogP contribution in [0.3, 0.4) is 0 Å². The van der Waals surface area contributed by atoms with Gasteiger partial charge in [-0.05, 0) is 77.1 Å². The number of piperidine rings is 1. The largest absolute Gasteiger partial charge is 0.298 e. The van der Waals surface area contributed by atoms with E-state index in [9.17, 15) is 0 Å². The molecule has 0 spiro atoms. The zero-order valence-electron chi connectivity index (χ0n) is 12.9. The Morgan fingerprint density at radius 1 is 1.21 bits per heavy atom. The van der Waals surface area contributed by atoms with Gasteiger partial charge < -0.3 is 0 Å². The molecule has 0 bridgehead atoms. The van der Waals surface area contributed by atoms with Crippen LogP contribution in [0.4, 0.5) is 0 Å². The molecule has 1 aliphatic rings. The Balaban J connectivity index is 2.02. The third-order valence-electron chi connectivity index (χ3n) is 4.81. The minimum absolute atomic E-state index is 0.310. The smallest absolute Gasteiger partial charge is 0.0409 e. The number of likely N-dealkylation sites (tertiary alicyclic amines) is 1. The van der Waals surface area contributed by atoms with Gasteiger partial charge in [0.2, 0.25) is 0 Å². The van der Waals surface area contributed by atoms with Gasteiger partial charge in [-0.15, -0.1) is 0 Å². The number of pyridine rings is 1. The first-order valence-corrected chi connectivity index (χ1v) is 7.60. The molecule has 2 heteroatoms. The molecule has 0 radical (unpaired) electrons. The number of hydrogen-bond acceptors (Lipinski definition) is 2. The lowest BCUT2D eigenvalue weighted by Gasteiger charge is -2.46. The van der Waals surface area contributed by atoms with E-state index in [0.717, 1.165) is 6.42 Å². The van der Waals surface area contributed by atoms with Crippen molar-refractivity contribution in [1.82, 2.24) is 9.88 Å². The molecular weight excluding hydrogens is 232 g/mol. The first-order chi connectivity index (χ1) is 8.95. The molecule has 0 N–H and O–H groups in total. The monoisotopic (exact) mass is 260 g/mol. The summed E-state index contributed by atoms with van der Waals surface area (Å²) in [5.74, 6) is 0. The van der Waals surface area contributed by atoms with Crippen molar-refractivity contribution in [3.05, 3.63) is 30.1 Å². The van der Waals surface area contributed by atoms with Gasteiger partial charge in [-0.25, -0.2) is 0 Å². The zero-order chi connectivity index (χ0) is 13.9. The highest BCUT2D eigenvalue weighted by Crippen LogP contribution is 2.39. The van der Waals surface area contributed by atoms with Crippen LogP contribution in [0.25, 0.3) is 0 Å². The first kappa shape index (κ1) is 14.5. The van der Waals surface area contributed by atoms with Gasteiger partial charge in [0.1, 0.15) is 0 Å². The average Bonchev–Trinajstić information content (AvgIpc) is 2.39. The predicted octanol–water partition coefficient (Wildman–Crippen LogP) is 3.91. The summed E-state index contributed by atoms with van der Waals surface area (Å²) in [7, 11) is 0. The van der Waals surface area contributed by atoms with Gasteiger partial charge in [-0.3, -0.25) is 9.88 Å². The van der Waals surface area contributed by atoms with Crippen LogP contribution >= 0.6 is 0 Å². The van der Waals surface area contributed by atoms with Crippen LogP contribution in [0.15, 0.2) is 24.4 Å². The number of aromatic nitrogens is 1. The fourth-order valence-corrected chi connectivity index (χ4v) is 3.19. The fourth-order valence-electron chi connectivity index (χ4n) is 3.19. The van der Waals surface area contributed by atoms with E-state index in [4.69, 9.17) is 0 Å². The lowest BCUT2D eigenvalue weighted by molar-refractivity contribution is 0.0397. The normalized spacial score (nSPS) is 20.4. The van der Waals surface area contributed by atoms with E-state index in [-0.39, 0.29) is 0 Å². The fraction of sp³-hybridized carbons (Fsp3) is 0.706. The molecule has 0 atom stereocenters. The summed E-state index contributed by atoms with van der Waals surface area (Å²) in [6.45, 7) is 11.8. The summed E-state index contributed by atoms with van der Waals surface area (Å²) in [6, 6.07) is 6.29. The Morgan fingerprint density at radius 3 is 2.37 bits per heavy atom. The van der Waals surface area contributed by atoms with E-state index in [1.807, 2.05) is 12.3 Å². The quantitative estimate of drug-likeness (QED) is 0.819. The second-order valence-corrected chi connectivity index (χ2v) is 7.01. The Hall–Kier alpha value is -0.890. The van der Waals surface area contributed by atoms with Crippen LogP contribution < -0.4 is 0 Å². The molecule has 0 unspecified atom stereocenters. The SMILES string of the molecule is CCC1(Cc2ccccn2)CCN(C(C)(C)C)CC1. The van der Waals surface area contributed by atoms with Gasteiger partial charge in [-0.2, -0.15) is 0 Å². The van der Waals surface area contributed by atoms with Crippen LogP contribution in [0, 0.1) is 5.41 Å². The molecule has 0 amide bonds. The van der Waals surface area contributed by atoms with Gasteiger partial charge in [-0.1, -0.05) is 13.0 Å². The lowest BCUT2D eigenvalue weighted by atomic mass is 9.72. The second-order valence-electron chi connectivity index (χ2n) is 7.01. The zero-order valence-corrected chi connectivity index (χ0v) is 12.9. The third-order valence-corrected chi connectivity index (χ3v) is 4.81. The molecule has 1 saturated heterocycles. The van der Waals surface area contributed by atoms with Crippen molar-refractivity contribution in [3.63, 3.8) is 0 Å². The maximum atomic E-state index is 4.52. The highest BCUT2D eigenvalue weighted by Gasteiger charge is 2.36. The molecular formula is C17H28N2. The first-order valence-electron chi connectivity index (χ1n) is 7.60. The molecule has 0 aromatic carbocycles. The summed E-state index contributed by atoms with van der Waals surface area (Å²) in [5.41, 5.74) is 2.04. The molecule has 1 aromatic rings. The summed E-state index contributed by atoms with van der Waals surface area (Å²) in [6.07, 6.45) is 6.93. The molecule has 2 rings (SSSR count). The van der Waals surface area contributed by atoms with E-state index < -0.39 is 0 Å². The maximum Gasteiger partial charge on any atom is 0.0409 e. The maximum absolute atomic E-state index is 4.52. The van der Waals surface area contributed by atoms with Crippen LogP contribution in [0.5, 0.6) is 0 Å². The van der Waals surface area contributed by atoms with E-state index in [1.165, 1.54) is 38.0 Å². The van der Waals surface area contributed by atoms with Crippen LogP contribution in [-0.2, 0) is 6.42 Å². The van der Waals surface area contributed by atoms with Gasteiger partial charge in [0, 0.05) is 17.4 Å². The Bertz CT molecular complexity index is 383. The minimum Gasteiger partial charge on any atom is -0.298 e. The minimum atomic E-state index is 0.310. The molecule has 2 heterocycles. The van der Waals surface area contributed by atoms with Crippen molar-refractivity contribution in [1.29, 1.82) is 0 Å². The second kappa shape index (κ2) is 5.62. The molecule has 1 aliphatic heterocycles. The van der Waals surface area contributed by atoms with E-state index >= 15 is 0 Å². The molecule has 1 fully saturated rings. The van der Waals surface area contributed by atoms with E-state index in [0.29, 0.717) is 11.0 Å². The van der Waals surface area contributed by atoms with Gasteiger partial charge >= 0.3 is 0 Å². The van der Waals surface area contributed by atoms with Crippen molar-refractivity contribution >= 4 is 0 Å². The highest BCUT2D eigenvalue weighted by molar-refractivity contribution is 5.07. The molecule has 19 heavy (non-hydrogen) atoms. The number of hydrogen-bond donors (Lipinski definition) is 0. The summed E-state index contributed by atoms with van der Waals surface area (Å²) < 4.78 is 0. The number of nitrogens with zero attached hydrogens (tertiary/aromatic N) is 2. The lowest BCUT2D eigenvalue weighted by Crippen LogP contribution is -2.49. The van der Waals surface area contributed by atoms with Crippen LogP contribution in [0.1, 0.15) is 52.7 Å². The molecule has 1 aromatic heterocycles. The summed E-state index contributed by atoms with van der Waals surface area (Å²) in [4.78, 5) is 7.14. The van der Waals surface area contributed by atoms with Crippen molar-refractivity contribution in [3.8, 4) is 0 Å². The van der Waals surface area contributed by atoms with Crippen molar-refractivity contribution in [2.24, 2.45) is 5.41 Å². The topological polar surface area (TPSA) is 16.1 Å². The number of rotatable bonds is 3. The molecule has 2 nitrogen and oxygen atoms in total. The van der Waals surface area contributed by atoms with Crippen LogP contribution in [0.2, 0.25) is 0 Å². The Morgan fingerprint density at radius 2 is 1.89 bits per heavy atom. The van der Waals surface area contributed by atoms with E-state index in [2.05, 4.69) is 49.7 Å². The predicted molar refractivity (Wildman–Crippen MR) is 81.2 cm³/mol. The highest BCUT2D eigenvalue weighted by atomic mass is 15.2. The van der Waals surface area contributed by atoms with Gasteiger partial charge in [0.05, 0.1) is 0 Å². The van der Waals surface area contributed by atoms with Gasteiger partial charge in [0.25, 0.3) is 0 Å². The average molecular weight is 260 g/mol. The van der Waals surface area contributed by atoms with E-state index in [1.54, 1.807) is 0 Å². The summed E-state index contributed by atoms with van der Waals surface area (Å²) in [5, 5.41) is 0. The molecule has 106 valence electrons. The van der Waals surface area contributed by atoms with Crippen molar-refractivity contribution < 1.29 is 0 Å². The van der Waals surface area contributed by atoms with Crippen molar-refractivity contribution in [2.75, 3.05) is 13.1 Å². The van der Waals surface area contributed by atoms with Crippen molar-refractivity contribution in [2.45, 2.75) is 58.9 Å².